The first kappa shape index (κ1) is 14.0. The van der Waals surface area contributed by atoms with Gasteiger partial charge in [-0.25, -0.2) is 0 Å². The molecule has 1 aromatic rings. The van der Waals surface area contributed by atoms with E-state index in [-0.39, 0.29) is 11.6 Å². The zero-order valence-corrected chi connectivity index (χ0v) is 10.1. The molecule has 1 rings (SSSR count). The number of aryl methyl sites for hydroxylation is 1. The van der Waals surface area contributed by atoms with Gasteiger partial charge in [0.25, 0.3) is 0 Å². The fourth-order valence-electron chi connectivity index (χ4n) is 1.77. The summed E-state index contributed by atoms with van der Waals surface area (Å²) >= 11 is 0. The zero-order chi connectivity index (χ0) is 13.1. The van der Waals surface area contributed by atoms with Gasteiger partial charge in [0.15, 0.2) is 0 Å². The fraction of sp³-hybridized carbons (Fsp3) is 0.538. The van der Waals surface area contributed by atoms with Crippen molar-refractivity contribution < 1.29 is 13.2 Å². The highest BCUT2D eigenvalue weighted by atomic mass is 19.4. The number of rotatable bonds is 4. The number of hydrogen-bond acceptors (Lipinski definition) is 1. The Bertz CT molecular complexity index is 371. The van der Waals surface area contributed by atoms with E-state index in [1.165, 1.54) is 19.1 Å². The third-order valence-corrected chi connectivity index (χ3v) is 2.86. The molecule has 0 amide bonds. The Hall–Kier alpha value is -1.03. The summed E-state index contributed by atoms with van der Waals surface area (Å²) in [5.41, 5.74) is 6.10. The van der Waals surface area contributed by atoms with Crippen molar-refractivity contribution in [2.45, 2.75) is 45.3 Å². The maximum absolute atomic E-state index is 12.7. The summed E-state index contributed by atoms with van der Waals surface area (Å²) < 4.78 is 38.1. The Morgan fingerprint density at radius 3 is 2.47 bits per heavy atom. The van der Waals surface area contributed by atoms with Gasteiger partial charge in [0.05, 0.1) is 5.56 Å². The molecule has 0 spiro atoms. The number of unbranched alkanes of at least 4 members (excludes halogenated alkanes) is 1. The fourth-order valence-corrected chi connectivity index (χ4v) is 1.77. The van der Waals surface area contributed by atoms with Gasteiger partial charge < -0.3 is 5.73 Å². The summed E-state index contributed by atoms with van der Waals surface area (Å²) in [6.45, 7) is 3.49. The summed E-state index contributed by atoms with van der Waals surface area (Å²) in [7, 11) is 0. The molecule has 1 nitrogen and oxygen atoms in total. The predicted molar refractivity (Wildman–Crippen MR) is 62.6 cm³/mol. The molecule has 96 valence electrons. The molecule has 0 fully saturated rings. The van der Waals surface area contributed by atoms with Crippen LogP contribution in [0.15, 0.2) is 18.2 Å². The molecule has 0 heterocycles. The van der Waals surface area contributed by atoms with Crippen LogP contribution in [0.3, 0.4) is 0 Å². The molecule has 0 saturated carbocycles. The van der Waals surface area contributed by atoms with Crippen LogP contribution in [-0.2, 0) is 6.18 Å². The largest absolute Gasteiger partial charge is 0.416 e. The van der Waals surface area contributed by atoms with E-state index in [4.69, 9.17) is 5.73 Å². The van der Waals surface area contributed by atoms with Crippen LogP contribution in [0.4, 0.5) is 13.2 Å². The number of nitrogens with two attached hydrogens (primary N) is 1. The maximum Gasteiger partial charge on any atom is 0.416 e. The molecule has 0 bridgehead atoms. The molecule has 1 aromatic carbocycles. The smallest absolute Gasteiger partial charge is 0.324 e. The van der Waals surface area contributed by atoms with Crippen LogP contribution < -0.4 is 5.73 Å². The Balaban J connectivity index is 2.96. The van der Waals surface area contributed by atoms with Gasteiger partial charge in [0.2, 0.25) is 0 Å². The average molecular weight is 245 g/mol. The Labute approximate surface area is 99.8 Å². The lowest BCUT2D eigenvalue weighted by Gasteiger charge is -2.16. The van der Waals surface area contributed by atoms with Crippen LogP contribution in [-0.4, -0.2) is 0 Å². The molecule has 0 saturated heterocycles. The Morgan fingerprint density at radius 1 is 1.29 bits per heavy atom. The molecule has 1 atom stereocenters. The van der Waals surface area contributed by atoms with Crippen molar-refractivity contribution in [3.8, 4) is 0 Å². The van der Waals surface area contributed by atoms with E-state index in [1.54, 1.807) is 6.07 Å². The zero-order valence-electron chi connectivity index (χ0n) is 10.1. The average Bonchev–Trinajstić information content (AvgIpc) is 2.25. The van der Waals surface area contributed by atoms with E-state index < -0.39 is 11.7 Å². The molecule has 17 heavy (non-hydrogen) atoms. The Morgan fingerprint density at radius 2 is 1.94 bits per heavy atom. The first-order valence-corrected chi connectivity index (χ1v) is 5.79. The van der Waals surface area contributed by atoms with Crippen molar-refractivity contribution >= 4 is 0 Å². The predicted octanol–water partition coefficient (Wildman–Crippen LogP) is 4.20. The van der Waals surface area contributed by atoms with Gasteiger partial charge >= 0.3 is 6.18 Å². The van der Waals surface area contributed by atoms with E-state index in [1.807, 2.05) is 6.92 Å². The lowest BCUT2D eigenvalue weighted by Crippen LogP contribution is -2.13. The standard InChI is InChI=1S/C13H18F3N/c1-3-4-5-12(17)10-7-6-9(2)11(8-10)13(14,15)16/h6-8,12H,3-5,17H2,1-2H3/t12-/m0/s1. The SMILES string of the molecule is CCCC[C@H](N)c1ccc(C)c(C(F)(F)F)c1. The molecule has 0 aromatic heterocycles. The van der Waals surface area contributed by atoms with Gasteiger partial charge in [-0.2, -0.15) is 13.2 Å². The highest BCUT2D eigenvalue weighted by molar-refractivity contribution is 5.34. The quantitative estimate of drug-likeness (QED) is 0.845. The minimum Gasteiger partial charge on any atom is -0.324 e. The molecule has 0 radical (unpaired) electrons. The second-order valence-electron chi connectivity index (χ2n) is 4.32. The van der Waals surface area contributed by atoms with E-state index in [9.17, 15) is 13.2 Å². The van der Waals surface area contributed by atoms with Crippen LogP contribution in [0.5, 0.6) is 0 Å². The van der Waals surface area contributed by atoms with Crippen molar-refractivity contribution in [3.05, 3.63) is 34.9 Å². The first-order valence-electron chi connectivity index (χ1n) is 5.79. The van der Waals surface area contributed by atoms with E-state index >= 15 is 0 Å². The van der Waals surface area contributed by atoms with Gasteiger partial charge in [-0.1, -0.05) is 31.9 Å². The van der Waals surface area contributed by atoms with Gasteiger partial charge in [-0.05, 0) is 30.5 Å². The molecular weight excluding hydrogens is 227 g/mol. The summed E-state index contributed by atoms with van der Waals surface area (Å²) in [6, 6.07) is 4.04. The van der Waals surface area contributed by atoms with Crippen molar-refractivity contribution in [3.63, 3.8) is 0 Å². The van der Waals surface area contributed by atoms with Gasteiger partial charge in [0, 0.05) is 6.04 Å². The minimum absolute atomic E-state index is 0.240. The molecule has 0 aliphatic heterocycles. The van der Waals surface area contributed by atoms with Crippen molar-refractivity contribution in [2.75, 3.05) is 0 Å². The number of halogens is 3. The lowest BCUT2D eigenvalue weighted by molar-refractivity contribution is -0.138. The highest BCUT2D eigenvalue weighted by Crippen LogP contribution is 2.33. The Kier molecular flexibility index (Phi) is 4.57. The number of hydrogen-bond donors (Lipinski definition) is 1. The van der Waals surface area contributed by atoms with Crippen LogP contribution in [0.25, 0.3) is 0 Å². The third-order valence-electron chi connectivity index (χ3n) is 2.86. The summed E-state index contributed by atoms with van der Waals surface area (Å²) in [6.07, 6.45) is -1.66. The molecule has 2 N–H and O–H groups in total. The topological polar surface area (TPSA) is 26.0 Å². The normalized spacial score (nSPS) is 13.8. The highest BCUT2D eigenvalue weighted by Gasteiger charge is 2.32. The summed E-state index contributed by atoms with van der Waals surface area (Å²) in [5, 5.41) is 0. The summed E-state index contributed by atoms with van der Waals surface area (Å²) in [5.74, 6) is 0. The first-order chi connectivity index (χ1) is 7.86. The molecular formula is C13H18F3N. The van der Waals surface area contributed by atoms with Gasteiger partial charge in [-0.15, -0.1) is 0 Å². The van der Waals surface area contributed by atoms with Crippen molar-refractivity contribution in [1.82, 2.24) is 0 Å². The van der Waals surface area contributed by atoms with Crippen LogP contribution >= 0.6 is 0 Å². The third kappa shape index (κ3) is 3.73. The van der Waals surface area contributed by atoms with Crippen molar-refractivity contribution in [1.29, 1.82) is 0 Å². The van der Waals surface area contributed by atoms with Crippen LogP contribution in [0.1, 0.15) is 48.9 Å². The minimum atomic E-state index is -4.30. The van der Waals surface area contributed by atoms with E-state index in [0.717, 1.165) is 19.3 Å². The lowest BCUT2D eigenvalue weighted by atomic mass is 9.97. The van der Waals surface area contributed by atoms with Gasteiger partial charge in [-0.3, -0.25) is 0 Å². The monoisotopic (exact) mass is 245 g/mol. The molecule has 0 unspecified atom stereocenters. The molecule has 0 aliphatic carbocycles. The van der Waals surface area contributed by atoms with E-state index in [0.29, 0.717) is 5.56 Å². The number of alkyl halides is 3. The molecule has 0 aliphatic rings. The van der Waals surface area contributed by atoms with Crippen LogP contribution in [0.2, 0.25) is 0 Å². The second-order valence-corrected chi connectivity index (χ2v) is 4.32. The van der Waals surface area contributed by atoms with Crippen molar-refractivity contribution in [2.24, 2.45) is 5.73 Å². The summed E-state index contributed by atoms with van der Waals surface area (Å²) in [4.78, 5) is 0. The maximum atomic E-state index is 12.7. The second kappa shape index (κ2) is 5.54. The van der Waals surface area contributed by atoms with Crippen LogP contribution in [0, 0.1) is 6.92 Å². The van der Waals surface area contributed by atoms with Gasteiger partial charge in [0.1, 0.15) is 0 Å². The number of benzene rings is 1. The molecule has 4 heteroatoms. The van der Waals surface area contributed by atoms with E-state index in [2.05, 4.69) is 0 Å².